The molecule has 0 bridgehead atoms. The smallest absolute Gasteiger partial charge is 0.224 e. The molecular weight excluding hydrogens is 258 g/mol. The lowest BCUT2D eigenvalue weighted by molar-refractivity contribution is -0.120. The molecule has 0 atom stereocenters. The summed E-state index contributed by atoms with van der Waals surface area (Å²) in [4.78, 5) is 18.7. The van der Waals surface area contributed by atoms with Crippen molar-refractivity contribution in [2.75, 3.05) is 14.2 Å². The van der Waals surface area contributed by atoms with Crippen LogP contribution in [0.25, 0.3) is 0 Å². The highest BCUT2D eigenvalue weighted by Crippen LogP contribution is 2.24. The number of benzene rings is 1. The van der Waals surface area contributed by atoms with Gasteiger partial charge in [-0.2, -0.15) is 0 Å². The summed E-state index contributed by atoms with van der Waals surface area (Å²) in [5.41, 5.74) is 1.68. The molecule has 2 aromatic rings. The summed E-state index contributed by atoms with van der Waals surface area (Å²) in [7, 11) is 3.16. The van der Waals surface area contributed by atoms with Crippen LogP contribution < -0.4 is 14.8 Å². The summed E-state index contributed by atoms with van der Waals surface area (Å²) in [5.74, 6) is 1.26. The number of rotatable bonds is 6. The molecule has 2 rings (SSSR count). The third-order valence-electron chi connectivity index (χ3n) is 2.88. The summed E-state index contributed by atoms with van der Waals surface area (Å²) in [6, 6.07) is 5.39. The first kappa shape index (κ1) is 13.9. The van der Waals surface area contributed by atoms with E-state index in [1.165, 1.54) is 0 Å². The molecule has 0 aliphatic carbocycles. The van der Waals surface area contributed by atoms with Crippen LogP contribution in [0.15, 0.2) is 30.7 Å². The van der Waals surface area contributed by atoms with Crippen molar-refractivity contribution in [3.63, 3.8) is 0 Å². The summed E-state index contributed by atoms with van der Waals surface area (Å²) in [6.45, 7) is 0.428. The number of carbonyl (C=O) groups is 1. The minimum Gasteiger partial charge on any atom is -0.497 e. The van der Waals surface area contributed by atoms with Gasteiger partial charge in [-0.25, -0.2) is 4.98 Å². The first-order chi connectivity index (χ1) is 9.72. The van der Waals surface area contributed by atoms with E-state index in [1.54, 1.807) is 38.9 Å². The largest absolute Gasteiger partial charge is 0.497 e. The number of nitrogens with zero attached hydrogens (tertiary/aromatic N) is 1. The van der Waals surface area contributed by atoms with Gasteiger partial charge in [-0.1, -0.05) is 6.07 Å². The number of aromatic amines is 1. The number of H-pyrrole nitrogens is 1. The Hall–Kier alpha value is -2.50. The summed E-state index contributed by atoms with van der Waals surface area (Å²) >= 11 is 0. The highest BCUT2D eigenvalue weighted by atomic mass is 16.5. The minimum atomic E-state index is -0.0805. The molecule has 106 valence electrons. The molecule has 0 unspecified atom stereocenters. The molecule has 0 saturated carbocycles. The lowest BCUT2D eigenvalue weighted by Gasteiger charge is -2.10. The molecule has 1 amide bonds. The lowest BCUT2D eigenvalue weighted by Crippen LogP contribution is -2.24. The third-order valence-corrected chi connectivity index (χ3v) is 2.88. The van der Waals surface area contributed by atoms with E-state index in [9.17, 15) is 4.79 Å². The Balaban J connectivity index is 1.96. The molecule has 6 nitrogen and oxygen atoms in total. The van der Waals surface area contributed by atoms with Gasteiger partial charge in [-0.3, -0.25) is 4.79 Å². The fourth-order valence-corrected chi connectivity index (χ4v) is 1.81. The maximum atomic E-state index is 11.9. The van der Waals surface area contributed by atoms with Crippen LogP contribution in [0.3, 0.4) is 0 Å². The highest BCUT2D eigenvalue weighted by molar-refractivity contribution is 5.79. The summed E-state index contributed by atoms with van der Waals surface area (Å²) < 4.78 is 10.4. The number of methoxy groups -OCH3 is 2. The Morgan fingerprint density at radius 2 is 2.20 bits per heavy atom. The average Bonchev–Trinajstić information content (AvgIpc) is 2.99. The van der Waals surface area contributed by atoms with Gasteiger partial charge >= 0.3 is 0 Å². The Kier molecular flexibility index (Phi) is 4.60. The molecule has 0 aliphatic rings. The molecule has 1 aromatic carbocycles. The van der Waals surface area contributed by atoms with Crippen molar-refractivity contribution in [3.05, 3.63) is 42.0 Å². The second-order valence-corrected chi connectivity index (χ2v) is 4.21. The first-order valence-electron chi connectivity index (χ1n) is 6.17. The van der Waals surface area contributed by atoms with Crippen molar-refractivity contribution in [3.8, 4) is 11.5 Å². The van der Waals surface area contributed by atoms with E-state index in [0.717, 1.165) is 11.3 Å². The fourth-order valence-electron chi connectivity index (χ4n) is 1.81. The molecule has 1 aromatic heterocycles. The Bertz CT molecular complexity index is 567. The number of ether oxygens (including phenoxy) is 2. The van der Waals surface area contributed by atoms with Crippen molar-refractivity contribution < 1.29 is 14.3 Å². The zero-order chi connectivity index (χ0) is 14.4. The number of hydrogen-bond acceptors (Lipinski definition) is 4. The van der Waals surface area contributed by atoms with Crippen LogP contribution in [-0.4, -0.2) is 30.1 Å². The Morgan fingerprint density at radius 3 is 2.85 bits per heavy atom. The molecule has 0 radical (unpaired) electrons. The predicted molar refractivity (Wildman–Crippen MR) is 73.7 cm³/mol. The van der Waals surface area contributed by atoms with E-state index < -0.39 is 0 Å². The van der Waals surface area contributed by atoms with Gasteiger partial charge in [0.2, 0.25) is 5.91 Å². The Morgan fingerprint density at radius 1 is 1.35 bits per heavy atom. The first-order valence-corrected chi connectivity index (χ1v) is 6.17. The van der Waals surface area contributed by atoms with Gasteiger partial charge in [0.1, 0.15) is 11.5 Å². The minimum absolute atomic E-state index is 0.0805. The van der Waals surface area contributed by atoms with E-state index >= 15 is 0 Å². The molecule has 20 heavy (non-hydrogen) atoms. The van der Waals surface area contributed by atoms with Gasteiger partial charge in [0.15, 0.2) is 0 Å². The van der Waals surface area contributed by atoms with Crippen LogP contribution in [0.1, 0.15) is 11.3 Å². The van der Waals surface area contributed by atoms with Crippen LogP contribution >= 0.6 is 0 Å². The molecule has 0 fully saturated rings. The molecule has 0 aliphatic heterocycles. The van der Waals surface area contributed by atoms with Crippen molar-refractivity contribution in [1.82, 2.24) is 15.3 Å². The molecule has 6 heteroatoms. The Labute approximate surface area is 117 Å². The number of amides is 1. The van der Waals surface area contributed by atoms with E-state index in [4.69, 9.17) is 9.47 Å². The monoisotopic (exact) mass is 275 g/mol. The molecule has 0 saturated heterocycles. The van der Waals surface area contributed by atoms with Crippen molar-refractivity contribution in [2.45, 2.75) is 13.0 Å². The van der Waals surface area contributed by atoms with Crippen LogP contribution in [0.4, 0.5) is 0 Å². The SMILES string of the molecule is COc1ccc(CC(=O)NCc2cnc[nH]2)c(OC)c1. The number of hydrogen-bond donors (Lipinski definition) is 2. The molecular formula is C14H17N3O3. The molecule has 0 spiro atoms. The second kappa shape index (κ2) is 6.60. The second-order valence-electron chi connectivity index (χ2n) is 4.21. The van der Waals surface area contributed by atoms with Crippen molar-refractivity contribution >= 4 is 5.91 Å². The van der Waals surface area contributed by atoms with Crippen molar-refractivity contribution in [2.24, 2.45) is 0 Å². The van der Waals surface area contributed by atoms with Crippen LogP contribution in [0, 0.1) is 0 Å². The number of imidazole rings is 1. The predicted octanol–water partition coefficient (Wildman–Crippen LogP) is 1.29. The zero-order valence-corrected chi connectivity index (χ0v) is 11.5. The third kappa shape index (κ3) is 3.50. The van der Waals surface area contributed by atoms with Gasteiger partial charge in [-0.05, 0) is 6.07 Å². The average molecular weight is 275 g/mol. The van der Waals surface area contributed by atoms with Crippen LogP contribution in [0.2, 0.25) is 0 Å². The van der Waals surface area contributed by atoms with E-state index in [2.05, 4.69) is 15.3 Å². The molecule has 2 N–H and O–H groups in total. The van der Waals surface area contributed by atoms with Crippen LogP contribution in [0.5, 0.6) is 11.5 Å². The topological polar surface area (TPSA) is 76.2 Å². The maximum Gasteiger partial charge on any atom is 0.224 e. The fraction of sp³-hybridized carbons (Fsp3) is 0.286. The summed E-state index contributed by atoms with van der Waals surface area (Å²) in [6.07, 6.45) is 3.50. The number of aromatic nitrogens is 2. The van der Waals surface area contributed by atoms with Gasteiger partial charge in [0.05, 0.1) is 39.2 Å². The number of carbonyl (C=O) groups excluding carboxylic acids is 1. The van der Waals surface area contributed by atoms with Gasteiger partial charge in [-0.15, -0.1) is 0 Å². The van der Waals surface area contributed by atoms with Gasteiger partial charge in [0, 0.05) is 17.8 Å². The standard InChI is InChI=1S/C14H17N3O3/c1-19-12-4-3-10(13(6-12)20-2)5-14(18)16-8-11-7-15-9-17-11/h3-4,6-7,9H,5,8H2,1-2H3,(H,15,17)(H,16,18). The quantitative estimate of drug-likeness (QED) is 0.832. The lowest BCUT2D eigenvalue weighted by atomic mass is 10.1. The normalized spacial score (nSPS) is 10.1. The maximum absolute atomic E-state index is 11.9. The van der Waals surface area contributed by atoms with Crippen molar-refractivity contribution in [1.29, 1.82) is 0 Å². The molecule has 1 heterocycles. The van der Waals surface area contributed by atoms with Gasteiger partial charge in [0.25, 0.3) is 0 Å². The van der Waals surface area contributed by atoms with E-state index in [0.29, 0.717) is 18.0 Å². The van der Waals surface area contributed by atoms with Crippen LogP contribution in [-0.2, 0) is 17.8 Å². The summed E-state index contributed by atoms with van der Waals surface area (Å²) in [5, 5.41) is 2.82. The number of nitrogens with one attached hydrogen (secondary N) is 2. The van der Waals surface area contributed by atoms with Gasteiger partial charge < -0.3 is 19.8 Å². The highest BCUT2D eigenvalue weighted by Gasteiger charge is 2.10. The van der Waals surface area contributed by atoms with E-state index in [1.807, 2.05) is 6.07 Å². The van der Waals surface area contributed by atoms with E-state index in [-0.39, 0.29) is 12.3 Å². The zero-order valence-electron chi connectivity index (χ0n) is 11.5.